The Hall–Kier alpha value is -2.49. The molecular formula is C19H22N2O6S. The van der Waals surface area contributed by atoms with E-state index in [1.54, 1.807) is 12.1 Å². The minimum absolute atomic E-state index is 0.0435. The van der Waals surface area contributed by atoms with Crippen LogP contribution in [0.2, 0.25) is 0 Å². The third kappa shape index (κ3) is 4.86. The molecule has 0 atom stereocenters. The molecule has 2 aromatic rings. The van der Waals surface area contributed by atoms with Crippen molar-refractivity contribution in [3.8, 4) is 5.75 Å². The first-order valence-electron chi connectivity index (χ1n) is 8.78. The van der Waals surface area contributed by atoms with E-state index in [0.717, 1.165) is 43.5 Å². The molecule has 0 N–H and O–H groups in total. The second-order valence-corrected chi connectivity index (χ2v) is 7.01. The second kappa shape index (κ2) is 9.63. The minimum atomic E-state index is -0.664. The van der Waals surface area contributed by atoms with E-state index in [0.29, 0.717) is 0 Å². The molecule has 28 heavy (non-hydrogen) atoms. The molecule has 1 aliphatic rings. The van der Waals surface area contributed by atoms with Crippen LogP contribution in [0.1, 0.15) is 31.4 Å². The lowest BCUT2D eigenvalue weighted by Gasteiger charge is -2.25. The zero-order valence-electron chi connectivity index (χ0n) is 15.8. The maximum Gasteiger partial charge on any atom is 0.342 e. The van der Waals surface area contributed by atoms with E-state index >= 15 is 0 Å². The van der Waals surface area contributed by atoms with Crippen LogP contribution in [-0.2, 0) is 27.4 Å². The van der Waals surface area contributed by atoms with E-state index in [-0.39, 0.29) is 23.5 Å². The Bertz CT molecular complexity index is 832. The SMILES string of the molecule is COC(=O)c1cccc(OCc2nc(CN3CCOCC3)cs2)c1C(=O)OC. The number of aromatic nitrogens is 1. The molecule has 9 heteroatoms. The summed E-state index contributed by atoms with van der Waals surface area (Å²) in [4.78, 5) is 31.0. The number of thiazole rings is 1. The first-order chi connectivity index (χ1) is 13.6. The largest absolute Gasteiger partial charge is 0.485 e. The molecule has 0 radical (unpaired) electrons. The molecule has 1 aliphatic heterocycles. The maximum atomic E-state index is 12.2. The number of rotatable bonds is 7. The van der Waals surface area contributed by atoms with Crippen molar-refractivity contribution in [3.05, 3.63) is 45.4 Å². The van der Waals surface area contributed by atoms with Crippen LogP contribution < -0.4 is 4.74 Å². The molecule has 0 spiro atoms. The van der Waals surface area contributed by atoms with Crippen LogP contribution in [0, 0.1) is 0 Å². The van der Waals surface area contributed by atoms with Crippen LogP contribution in [0.15, 0.2) is 23.6 Å². The fourth-order valence-corrected chi connectivity index (χ4v) is 3.56. The number of hydrogen-bond donors (Lipinski definition) is 0. The van der Waals surface area contributed by atoms with Crippen molar-refractivity contribution >= 4 is 23.3 Å². The van der Waals surface area contributed by atoms with Gasteiger partial charge in [0.15, 0.2) is 0 Å². The first kappa shape index (κ1) is 20.2. The van der Waals surface area contributed by atoms with Crippen molar-refractivity contribution in [2.75, 3.05) is 40.5 Å². The number of hydrogen-bond acceptors (Lipinski definition) is 9. The number of morpholine rings is 1. The van der Waals surface area contributed by atoms with Crippen molar-refractivity contribution in [1.29, 1.82) is 0 Å². The number of nitrogens with zero attached hydrogens (tertiary/aromatic N) is 2. The molecule has 1 saturated heterocycles. The van der Waals surface area contributed by atoms with Crippen LogP contribution in [0.4, 0.5) is 0 Å². The van der Waals surface area contributed by atoms with Gasteiger partial charge in [-0.05, 0) is 12.1 Å². The van der Waals surface area contributed by atoms with Gasteiger partial charge in [0.25, 0.3) is 0 Å². The molecule has 3 rings (SSSR count). The van der Waals surface area contributed by atoms with Gasteiger partial charge < -0.3 is 18.9 Å². The summed E-state index contributed by atoms with van der Waals surface area (Å²) in [6, 6.07) is 4.73. The average Bonchev–Trinajstić information content (AvgIpc) is 3.18. The molecule has 0 bridgehead atoms. The smallest absolute Gasteiger partial charge is 0.342 e. The van der Waals surface area contributed by atoms with Gasteiger partial charge in [-0.15, -0.1) is 11.3 Å². The van der Waals surface area contributed by atoms with Gasteiger partial charge in [0.2, 0.25) is 0 Å². The number of carbonyl (C=O) groups is 2. The number of carbonyl (C=O) groups excluding carboxylic acids is 2. The van der Waals surface area contributed by atoms with Crippen molar-refractivity contribution in [1.82, 2.24) is 9.88 Å². The Labute approximate surface area is 167 Å². The average molecular weight is 406 g/mol. The van der Waals surface area contributed by atoms with Crippen molar-refractivity contribution in [2.45, 2.75) is 13.2 Å². The molecule has 150 valence electrons. The van der Waals surface area contributed by atoms with Gasteiger partial charge in [-0.3, -0.25) is 4.90 Å². The fraction of sp³-hybridized carbons (Fsp3) is 0.421. The molecule has 1 aromatic heterocycles. The van der Waals surface area contributed by atoms with Gasteiger partial charge in [0, 0.05) is 25.0 Å². The summed E-state index contributed by atoms with van der Waals surface area (Å²) in [6.45, 7) is 4.23. The van der Waals surface area contributed by atoms with Crippen molar-refractivity contribution in [2.24, 2.45) is 0 Å². The molecule has 0 saturated carbocycles. The summed E-state index contributed by atoms with van der Waals surface area (Å²) in [5.41, 5.74) is 1.11. The Morgan fingerprint density at radius 1 is 1.18 bits per heavy atom. The second-order valence-electron chi connectivity index (χ2n) is 6.07. The van der Waals surface area contributed by atoms with E-state index in [1.165, 1.54) is 31.6 Å². The minimum Gasteiger partial charge on any atom is -0.485 e. The first-order valence-corrected chi connectivity index (χ1v) is 9.66. The monoisotopic (exact) mass is 406 g/mol. The van der Waals surface area contributed by atoms with E-state index in [9.17, 15) is 9.59 Å². The van der Waals surface area contributed by atoms with Crippen LogP contribution in [-0.4, -0.2) is 62.3 Å². The maximum absolute atomic E-state index is 12.2. The lowest BCUT2D eigenvalue weighted by Crippen LogP contribution is -2.35. The zero-order valence-corrected chi connectivity index (χ0v) is 16.6. The lowest BCUT2D eigenvalue weighted by atomic mass is 10.1. The quantitative estimate of drug-likeness (QED) is 0.647. The van der Waals surface area contributed by atoms with Crippen LogP contribution in [0.25, 0.3) is 0 Å². The zero-order chi connectivity index (χ0) is 19.9. The normalized spacial score (nSPS) is 14.5. The third-order valence-electron chi connectivity index (χ3n) is 4.26. The highest BCUT2D eigenvalue weighted by Crippen LogP contribution is 2.26. The van der Waals surface area contributed by atoms with Crippen molar-refractivity contribution in [3.63, 3.8) is 0 Å². The number of esters is 2. The molecular weight excluding hydrogens is 384 g/mol. The number of ether oxygens (including phenoxy) is 4. The van der Waals surface area contributed by atoms with Crippen molar-refractivity contribution < 1.29 is 28.5 Å². The Morgan fingerprint density at radius 2 is 1.93 bits per heavy atom. The predicted molar refractivity (Wildman–Crippen MR) is 102 cm³/mol. The predicted octanol–water partition coefficient (Wildman–Crippen LogP) is 2.13. The fourth-order valence-electron chi connectivity index (χ4n) is 2.86. The number of methoxy groups -OCH3 is 2. The molecule has 2 heterocycles. The Kier molecular flexibility index (Phi) is 6.96. The third-order valence-corrected chi connectivity index (χ3v) is 5.13. The van der Waals surface area contributed by atoms with E-state index < -0.39 is 11.9 Å². The standard InChI is InChI=1S/C19H22N2O6S/c1-24-18(22)14-4-3-5-15(17(14)19(23)25-2)27-11-16-20-13(12-28-16)10-21-6-8-26-9-7-21/h3-5,12H,6-11H2,1-2H3. The Balaban J connectivity index is 1.70. The van der Waals surface area contributed by atoms with Gasteiger partial charge in [-0.2, -0.15) is 0 Å². The highest BCUT2D eigenvalue weighted by atomic mass is 32.1. The topological polar surface area (TPSA) is 87.2 Å². The van der Waals surface area contributed by atoms with Gasteiger partial charge in [-0.1, -0.05) is 6.07 Å². The highest BCUT2D eigenvalue weighted by Gasteiger charge is 2.23. The van der Waals surface area contributed by atoms with Crippen LogP contribution >= 0.6 is 11.3 Å². The summed E-state index contributed by atoms with van der Waals surface area (Å²) in [6.07, 6.45) is 0. The summed E-state index contributed by atoms with van der Waals surface area (Å²) in [5, 5.41) is 2.78. The number of benzene rings is 1. The molecule has 8 nitrogen and oxygen atoms in total. The summed E-state index contributed by atoms with van der Waals surface area (Å²) >= 11 is 1.49. The highest BCUT2D eigenvalue weighted by molar-refractivity contribution is 7.09. The summed E-state index contributed by atoms with van der Waals surface area (Å²) in [7, 11) is 2.50. The summed E-state index contributed by atoms with van der Waals surface area (Å²) < 4.78 is 20.7. The van der Waals surface area contributed by atoms with Gasteiger partial charge in [0.05, 0.1) is 38.7 Å². The molecule has 1 aromatic carbocycles. The molecule has 1 fully saturated rings. The Morgan fingerprint density at radius 3 is 2.64 bits per heavy atom. The van der Waals surface area contributed by atoms with Gasteiger partial charge in [0.1, 0.15) is 22.9 Å². The summed E-state index contributed by atoms with van der Waals surface area (Å²) in [5.74, 6) is -1.05. The molecule has 0 aliphatic carbocycles. The van der Waals surface area contributed by atoms with E-state index in [2.05, 4.69) is 9.88 Å². The van der Waals surface area contributed by atoms with Gasteiger partial charge in [-0.25, -0.2) is 14.6 Å². The van der Waals surface area contributed by atoms with Crippen LogP contribution in [0.5, 0.6) is 5.75 Å². The van der Waals surface area contributed by atoms with Crippen LogP contribution in [0.3, 0.4) is 0 Å². The van der Waals surface area contributed by atoms with Gasteiger partial charge >= 0.3 is 11.9 Å². The van der Waals surface area contributed by atoms with E-state index in [1.807, 2.05) is 5.38 Å². The lowest BCUT2D eigenvalue weighted by molar-refractivity contribution is 0.0337. The molecule has 0 unspecified atom stereocenters. The van der Waals surface area contributed by atoms with E-state index in [4.69, 9.17) is 18.9 Å². The molecule has 0 amide bonds.